The quantitative estimate of drug-likeness (QED) is 0.943. The van der Waals surface area contributed by atoms with Gasteiger partial charge in [0, 0.05) is 17.6 Å². The monoisotopic (exact) mass is 300 g/mol. The first-order valence-corrected chi connectivity index (χ1v) is 5.79. The van der Waals surface area contributed by atoms with E-state index in [-0.39, 0.29) is 4.88 Å². The van der Waals surface area contributed by atoms with Crippen LogP contribution in [0.3, 0.4) is 0 Å². The van der Waals surface area contributed by atoms with E-state index in [0.717, 1.165) is 11.3 Å². The summed E-state index contributed by atoms with van der Waals surface area (Å²) in [7, 11) is 0. The van der Waals surface area contributed by atoms with Crippen LogP contribution >= 0.6 is 27.3 Å². The number of aromatic nitrogens is 2. The van der Waals surface area contributed by atoms with Crippen LogP contribution in [0.5, 0.6) is 11.6 Å². The molecule has 0 aliphatic rings. The molecule has 0 unspecified atom stereocenters. The van der Waals surface area contributed by atoms with Crippen LogP contribution in [0.4, 0.5) is 0 Å². The summed E-state index contributed by atoms with van der Waals surface area (Å²) in [5, 5.41) is 10.3. The van der Waals surface area contributed by atoms with Gasteiger partial charge in [0.15, 0.2) is 0 Å². The van der Waals surface area contributed by atoms with Gasteiger partial charge < -0.3 is 9.84 Å². The summed E-state index contributed by atoms with van der Waals surface area (Å²) in [4.78, 5) is 18.6. The fraction of sp³-hybridized carbons (Fsp3) is 0. The van der Waals surface area contributed by atoms with Crippen molar-refractivity contribution in [1.82, 2.24) is 9.97 Å². The molecule has 2 aromatic rings. The van der Waals surface area contributed by atoms with Crippen molar-refractivity contribution in [2.75, 3.05) is 0 Å². The topological polar surface area (TPSA) is 72.3 Å². The van der Waals surface area contributed by atoms with E-state index < -0.39 is 5.97 Å². The molecule has 7 heteroatoms. The summed E-state index contributed by atoms with van der Waals surface area (Å²) in [6, 6.07) is 1.45. The van der Waals surface area contributed by atoms with E-state index in [1.165, 1.54) is 12.4 Å². The van der Waals surface area contributed by atoms with Crippen molar-refractivity contribution in [3.63, 3.8) is 0 Å². The summed E-state index contributed by atoms with van der Waals surface area (Å²) in [6.45, 7) is 0. The fourth-order valence-electron chi connectivity index (χ4n) is 0.973. The van der Waals surface area contributed by atoms with E-state index >= 15 is 0 Å². The van der Waals surface area contributed by atoms with Crippen LogP contribution in [0.15, 0.2) is 28.4 Å². The van der Waals surface area contributed by atoms with Gasteiger partial charge in [0.05, 0.1) is 4.47 Å². The molecule has 0 fully saturated rings. The third-order valence-electron chi connectivity index (χ3n) is 1.63. The van der Waals surface area contributed by atoms with Gasteiger partial charge in [-0.2, -0.15) is 0 Å². The first-order chi connectivity index (χ1) is 7.66. The number of carboxylic acid groups (broad SMARTS) is 1. The Labute approximate surface area is 103 Å². The molecule has 0 atom stereocenters. The number of aromatic carboxylic acids is 1. The lowest BCUT2D eigenvalue weighted by molar-refractivity contribution is 0.0702. The zero-order chi connectivity index (χ0) is 11.5. The molecule has 2 heterocycles. The summed E-state index contributed by atoms with van der Waals surface area (Å²) in [6.07, 6.45) is 2.90. The third-order valence-corrected chi connectivity index (χ3v) is 3.08. The van der Waals surface area contributed by atoms with Crippen molar-refractivity contribution >= 4 is 33.2 Å². The van der Waals surface area contributed by atoms with Crippen LogP contribution in [0.2, 0.25) is 0 Å². The molecular formula is C9H5BrN2O3S. The fourth-order valence-corrected chi connectivity index (χ4v) is 1.92. The van der Waals surface area contributed by atoms with Crippen molar-refractivity contribution in [3.05, 3.63) is 33.3 Å². The zero-order valence-electron chi connectivity index (χ0n) is 7.75. The highest BCUT2D eigenvalue weighted by atomic mass is 79.9. The van der Waals surface area contributed by atoms with Crippen LogP contribution in [0, 0.1) is 0 Å². The minimum atomic E-state index is -0.971. The standard InChI is InChI=1S/C9H5BrN2O3S/c10-6-2-11-4-12-8(6)15-5-1-7(9(13)14)16-3-5/h1-4H,(H,13,14). The number of carbonyl (C=O) groups is 1. The Morgan fingerprint density at radius 3 is 3.00 bits per heavy atom. The van der Waals surface area contributed by atoms with Gasteiger partial charge in [-0.15, -0.1) is 11.3 Å². The Kier molecular flexibility index (Phi) is 3.16. The number of ether oxygens (including phenoxy) is 1. The minimum absolute atomic E-state index is 0.222. The maximum atomic E-state index is 10.7. The molecule has 0 amide bonds. The van der Waals surface area contributed by atoms with Crippen molar-refractivity contribution in [3.8, 4) is 11.6 Å². The van der Waals surface area contributed by atoms with E-state index in [1.54, 1.807) is 11.6 Å². The molecule has 1 N–H and O–H groups in total. The molecule has 82 valence electrons. The second-order valence-electron chi connectivity index (χ2n) is 2.73. The predicted octanol–water partition coefficient (Wildman–Crippen LogP) is 2.79. The molecule has 2 rings (SSSR count). The first-order valence-electron chi connectivity index (χ1n) is 4.12. The second-order valence-corrected chi connectivity index (χ2v) is 4.50. The summed E-state index contributed by atoms with van der Waals surface area (Å²) < 4.78 is 6.00. The van der Waals surface area contributed by atoms with E-state index in [4.69, 9.17) is 9.84 Å². The van der Waals surface area contributed by atoms with E-state index in [9.17, 15) is 4.79 Å². The number of carboxylic acids is 1. The van der Waals surface area contributed by atoms with Crippen molar-refractivity contribution < 1.29 is 14.6 Å². The summed E-state index contributed by atoms with van der Waals surface area (Å²) in [5.74, 6) is -0.173. The van der Waals surface area contributed by atoms with Crippen molar-refractivity contribution in [2.24, 2.45) is 0 Å². The molecule has 0 saturated carbocycles. The third kappa shape index (κ3) is 2.37. The minimum Gasteiger partial charge on any atom is -0.477 e. The highest BCUT2D eigenvalue weighted by molar-refractivity contribution is 9.10. The Bertz CT molecular complexity index is 529. The van der Waals surface area contributed by atoms with Gasteiger partial charge in [-0.3, -0.25) is 0 Å². The molecule has 0 saturated heterocycles. The maximum Gasteiger partial charge on any atom is 0.346 e. The number of hydrogen-bond donors (Lipinski definition) is 1. The molecular weight excluding hydrogens is 296 g/mol. The molecule has 5 nitrogen and oxygen atoms in total. The van der Waals surface area contributed by atoms with Crippen molar-refractivity contribution in [1.29, 1.82) is 0 Å². The normalized spacial score (nSPS) is 10.1. The van der Waals surface area contributed by atoms with Gasteiger partial charge in [0.1, 0.15) is 17.0 Å². The molecule has 0 aliphatic carbocycles. The van der Waals surface area contributed by atoms with E-state index in [2.05, 4.69) is 25.9 Å². The van der Waals surface area contributed by atoms with Gasteiger partial charge >= 0.3 is 5.97 Å². The number of halogens is 1. The van der Waals surface area contributed by atoms with Gasteiger partial charge in [-0.05, 0) is 15.9 Å². The highest BCUT2D eigenvalue weighted by Gasteiger charge is 2.10. The molecule has 0 bridgehead atoms. The van der Waals surface area contributed by atoms with Crippen LogP contribution in [-0.2, 0) is 0 Å². The summed E-state index contributed by atoms with van der Waals surface area (Å²) >= 11 is 4.33. The Morgan fingerprint density at radius 1 is 1.56 bits per heavy atom. The largest absolute Gasteiger partial charge is 0.477 e. The number of thiophene rings is 1. The van der Waals surface area contributed by atoms with Crippen LogP contribution in [0.1, 0.15) is 9.67 Å². The van der Waals surface area contributed by atoms with Crippen LogP contribution < -0.4 is 4.74 Å². The van der Waals surface area contributed by atoms with Gasteiger partial charge in [0.25, 0.3) is 0 Å². The molecule has 0 radical (unpaired) electrons. The zero-order valence-corrected chi connectivity index (χ0v) is 10.2. The van der Waals surface area contributed by atoms with Gasteiger partial charge in [0.2, 0.25) is 5.88 Å². The average molecular weight is 301 g/mol. The van der Waals surface area contributed by atoms with Crippen LogP contribution in [-0.4, -0.2) is 21.0 Å². The van der Waals surface area contributed by atoms with E-state index in [0.29, 0.717) is 16.1 Å². The number of hydrogen-bond acceptors (Lipinski definition) is 5. The lowest BCUT2D eigenvalue weighted by atomic mass is 10.4. The molecule has 0 aliphatic heterocycles. The Morgan fingerprint density at radius 2 is 2.38 bits per heavy atom. The van der Waals surface area contributed by atoms with E-state index in [1.807, 2.05) is 0 Å². The second kappa shape index (κ2) is 4.58. The SMILES string of the molecule is O=C(O)c1cc(Oc2ncncc2Br)cs1. The van der Waals surface area contributed by atoms with Crippen molar-refractivity contribution in [2.45, 2.75) is 0 Å². The summed E-state index contributed by atoms with van der Waals surface area (Å²) in [5.41, 5.74) is 0. The maximum absolute atomic E-state index is 10.7. The molecule has 2 aromatic heterocycles. The first kappa shape index (κ1) is 11.0. The number of rotatable bonds is 3. The Hall–Kier alpha value is -1.47. The lowest BCUT2D eigenvalue weighted by Crippen LogP contribution is -1.91. The number of nitrogens with zero attached hydrogens (tertiary/aromatic N) is 2. The van der Waals surface area contributed by atoms with Crippen LogP contribution in [0.25, 0.3) is 0 Å². The highest BCUT2D eigenvalue weighted by Crippen LogP contribution is 2.29. The van der Waals surface area contributed by atoms with Gasteiger partial charge in [-0.1, -0.05) is 0 Å². The predicted molar refractivity (Wildman–Crippen MR) is 61.1 cm³/mol. The Balaban J connectivity index is 2.21. The smallest absolute Gasteiger partial charge is 0.346 e. The molecule has 0 aromatic carbocycles. The molecule has 16 heavy (non-hydrogen) atoms. The van der Waals surface area contributed by atoms with Gasteiger partial charge in [-0.25, -0.2) is 14.8 Å². The lowest BCUT2D eigenvalue weighted by Gasteiger charge is -2.02. The molecule has 0 spiro atoms. The average Bonchev–Trinajstić information content (AvgIpc) is 2.70.